The van der Waals surface area contributed by atoms with Crippen molar-refractivity contribution in [2.24, 2.45) is 5.92 Å². The number of ether oxygens (including phenoxy) is 1. The lowest BCUT2D eigenvalue weighted by molar-refractivity contribution is 0.215. The van der Waals surface area contributed by atoms with Gasteiger partial charge in [0.25, 0.3) is 0 Å². The zero-order valence-electron chi connectivity index (χ0n) is 12.9. The van der Waals surface area contributed by atoms with Gasteiger partial charge in [0.2, 0.25) is 0 Å². The van der Waals surface area contributed by atoms with Crippen molar-refractivity contribution in [3.63, 3.8) is 0 Å². The van der Waals surface area contributed by atoms with E-state index < -0.39 is 0 Å². The van der Waals surface area contributed by atoms with Gasteiger partial charge in [-0.2, -0.15) is 0 Å². The number of likely N-dealkylation sites (N-methyl/N-ethyl adjacent to an activating group) is 1. The molecule has 1 aromatic carbocycles. The number of hydrogen-bond donors (Lipinski definition) is 1. The van der Waals surface area contributed by atoms with Crippen LogP contribution in [0.4, 0.5) is 0 Å². The Kier molecular flexibility index (Phi) is 6.34. The summed E-state index contributed by atoms with van der Waals surface area (Å²) >= 11 is 0. The topological polar surface area (TPSA) is 24.5 Å². The van der Waals surface area contributed by atoms with E-state index in [1.807, 2.05) is 7.05 Å². The molecule has 112 valence electrons. The molecule has 1 aliphatic rings. The quantitative estimate of drug-likeness (QED) is 0.790. The Bertz CT molecular complexity index is 371. The molecule has 1 aromatic rings. The summed E-state index contributed by atoms with van der Waals surface area (Å²) in [4.78, 5) is 2.41. The van der Waals surface area contributed by atoms with E-state index in [9.17, 15) is 0 Å². The number of nitrogens with zero attached hydrogens (tertiary/aromatic N) is 1. The summed E-state index contributed by atoms with van der Waals surface area (Å²) in [5, 5.41) is 3.15. The van der Waals surface area contributed by atoms with Crippen LogP contribution < -0.4 is 10.1 Å². The largest absolute Gasteiger partial charge is 0.492 e. The van der Waals surface area contributed by atoms with E-state index in [2.05, 4.69) is 41.5 Å². The maximum absolute atomic E-state index is 5.81. The fourth-order valence-corrected chi connectivity index (χ4v) is 2.95. The highest BCUT2D eigenvalue weighted by molar-refractivity contribution is 5.27. The smallest absolute Gasteiger partial charge is 0.119 e. The molecule has 0 amide bonds. The number of benzene rings is 1. The van der Waals surface area contributed by atoms with Crippen LogP contribution in [-0.4, -0.2) is 38.7 Å². The van der Waals surface area contributed by atoms with Gasteiger partial charge >= 0.3 is 0 Å². The molecule has 3 nitrogen and oxygen atoms in total. The predicted octanol–water partition coefficient (Wildman–Crippen LogP) is 2.91. The minimum absolute atomic E-state index is 0.772. The Morgan fingerprint density at radius 2 is 1.90 bits per heavy atom. The Hall–Kier alpha value is -1.06. The summed E-state index contributed by atoms with van der Waals surface area (Å²) in [6.45, 7) is 3.91. The van der Waals surface area contributed by atoms with Gasteiger partial charge in [0.05, 0.1) is 0 Å². The Morgan fingerprint density at radius 3 is 2.55 bits per heavy atom. The molecule has 0 saturated heterocycles. The normalized spacial score (nSPS) is 15.9. The lowest BCUT2D eigenvalue weighted by atomic mass is 10.1. The highest BCUT2D eigenvalue weighted by atomic mass is 16.5. The lowest BCUT2D eigenvalue weighted by Crippen LogP contribution is -2.28. The van der Waals surface area contributed by atoms with Crippen LogP contribution in [0.5, 0.6) is 5.75 Å². The second-order valence-corrected chi connectivity index (χ2v) is 5.94. The SMILES string of the molecule is CNCc1ccc(OCCN(C)CC2CCCC2)cc1. The Balaban J connectivity index is 1.64. The van der Waals surface area contributed by atoms with Crippen molar-refractivity contribution in [1.82, 2.24) is 10.2 Å². The van der Waals surface area contributed by atoms with Crippen LogP contribution in [-0.2, 0) is 6.54 Å². The summed E-state index contributed by atoms with van der Waals surface area (Å²) in [5.41, 5.74) is 1.29. The monoisotopic (exact) mass is 276 g/mol. The highest BCUT2D eigenvalue weighted by Crippen LogP contribution is 2.25. The van der Waals surface area contributed by atoms with Crippen LogP contribution >= 0.6 is 0 Å². The summed E-state index contributed by atoms with van der Waals surface area (Å²) in [6, 6.07) is 8.36. The van der Waals surface area contributed by atoms with Gasteiger partial charge in [-0.25, -0.2) is 0 Å². The minimum atomic E-state index is 0.772. The van der Waals surface area contributed by atoms with Gasteiger partial charge in [0.15, 0.2) is 0 Å². The third-order valence-electron chi connectivity index (χ3n) is 4.09. The first-order valence-electron chi connectivity index (χ1n) is 7.83. The second-order valence-electron chi connectivity index (χ2n) is 5.94. The van der Waals surface area contributed by atoms with Crippen molar-refractivity contribution in [2.45, 2.75) is 32.2 Å². The number of rotatable bonds is 8. The minimum Gasteiger partial charge on any atom is -0.492 e. The summed E-state index contributed by atoms with van der Waals surface area (Å²) in [5.74, 6) is 1.89. The molecule has 2 rings (SSSR count). The van der Waals surface area contributed by atoms with Gasteiger partial charge in [0, 0.05) is 19.6 Å². The van der Waals surface area contributed by atoms with Crippen LogP contribution in [0.2, 0.25) is 0 Å². The van der Waals surface area contributed by atoms with E-state index in [0.717, 1.165) is 31.4 Å². The van der Waals surface area contributed by atoms with Crippen molar-refractivity contribution < 1.29 is 4.74 Å². The fourth-order valence-electron chi connectivity index (χ4n) is 2.95. The van der Waals surface area contributed by atoms with Crippen LogP contribution in [0.1, 0.15) is 31.2 Å². The zero-order valence-corrected chi connectivity index (χ0v) is 12.9. The predicted molar refractivity (Wildman–Crippen MR) is 84.2 cm³/mol. The van der Waals surface area contributed by atoms with Gasteiger partial charge in [0.1, 0.15) is 12.4 Å². The molecular weight excluding hydrogens is 248 g/mol. The average Bonchev–Trinajstić information content (AvgIpc) is 2.94. The van der Waals surface area contributed by atoms with Crippen LogP contribution in [0.3, 0.4) is 0 Å². The van der Waals surface area contributed by atoms with Crippen LogP contribution in [0.25, 0.3) is 0 Å². The molecule has 0 radical (unpaired) electrons. The van der Waals surface area contributed by atoms with E-state index >= 15 is 0 Å². The average molecular weight is 276 g/mol. The summed E-state index contributed by atoms with van der Waals surface area (Å²) in [7, 11) is 4.17. The molecule has 1 N–H and O–H groups in total. The Labute approximate surface area is 123 Å². The third kappa shape index (κ3) is 5.14. The van der Waals surface area contributed by atoms with Gasteiger partial charge in [-0.3, -0.25) is 0 Å². The van der Waals surface area contributed by atoms with E-state index in [0.29, 0.717) is 0 Å². The number of nitrogens with one attached hydrogen (secondary N) is 1. The molecular formula is C17H28N2O. The van der Waals surface area contributed by atoms with Crippen LogP contribution in [0, 0.1) is 5.92 Å². The standard InChI is InChI=1S/C17H28N2O/c1-18-13-15-7-9-17(10-8-15)20-12-11-19(2)14-16-5-3-4-6-16/h7-10,16,18H,3-6,11-14H2,1-2H3. The Morgan fingerprint density at radius 1 is 1.20 bits per heavy atom. The van der Waals surface area contributed by atoms with Crippen molar-refractivity contribution in [3.8, 4) is 5.75 Å². The first-order chi connectivity index (χ1) is 9.78. The number of hydrogen-bond acceptors (Lipinski definition) is 3. The van der Waals surface area contributed by atoms with E-state index in [-0.39, 0.29) is 0 Å². The first-order valence-corrected chi connectivity index (χ1v) is 7.83. The summed E-state index contributed by atoms with van der Waals surface area (Å²) in [6.07, 6.45) is 5.68. The van der Waals surface area contributed by atoms with Gasteiger partial charge in [-0.15, -0.1) is 0 Å². The van der Waals surface area contributed by atoms with E-state index in [1.54, 1.807) is 0 Å². The molecule has 0 spiro atoms. The molecule has 1 saturated carbocycles. The molecule has 3 heteroatoms. The van der Waals surface area contributed by atoms with Gasteiger partial charge in [-0.05, 0) is 50.6 Å². The van der Waals surface area contributed by atoms with E-state index in [4.69, 9.17) is 4.74 Å². The maximum atomic E-state index is 5.81. The molecule has 0 aromatic heterocycles. The van der Waals surface area contributed by atoms with Gasteiger partial charge < -0.3 is 15.0 Å². The zero-order chi connectivity index (χ0) is 14.2. The molecule has 0 atom stereocenters. The first kappa shape index (κ1) is 15.3. The molecule has 1 aliphatic carbocycles. The molecule has 0 unspecified atom stereocenters. The third-order valence-corrected chi connectivity index (χ3v) is 4.09. The second kappa shape index (κ2) is 8.28. The fraction of sp³-hybridized carbons (Fsp3) is 0.647. The molecule has 0 aliphatic heterocycles. The molecule has 0 heterocycles. The van der Waals surface area contributed by atoms with Crippen LogP contribution in [0.15, 0.2) is 24.3 Å². The van der Waals surface area contributed by atoms with Crippen molar-refractivity contribution in [1.29, 1.82) is 0 Å². The summed E-state index contributed by atoms with van der Waals surface area (Å²) < 4.78 is 5.81. The molecule has 1 fully saturated rings. The maximum Gasteiger partial charge on any atom is 0.119 e. The lowest BCUT2D eigenvalue weighted by Gasteiger charge is -2.20. The molecule has 0 bridgehead atoms. The van der Waals surface area contributed by atoms with Crippen molar-refractivity contribution in [3.05, 3.63) is 29.8 Å². The van der Waals surface area contributed by atoms with E-state index in [1.165, 1.54) is 37.8 Å². The van der Waals surface area contributed by atoms with Gasteiger partial charge in [-0.1, -0.05) is 25.0 Å². The highest BCUT2D eigenvalue weighted by Gasteiger charge is 2.16. The van der Waals surface area contributed by atoms with Crippen molar-refractivity contribution in [2.75, 3.05) is 33.8 Å². The van der Waals surface area contributed by atoms with Crippen molar-refractivity contribution >= 4 is 0 Å². The molecule has 20 heavy (non-hydrogen) atoms.